The number of carbonyl (C=O) groups excluding carboxylic acids is 1. The number of carbonyl (C=O) groups is 1. The Balaban J connectivity index is 1.76. The summed E-state index contributed by atoms with van der Waals surface area (Å²) in [5, 5.41) is 2.68. The van der Waals surface area contributed by atoms with Crippen LogP contribution in [0.3, 0.4) is 0 Å². The minimum absolute atomic E-state index is 0.283. The molecule has 0 saturated carbocycles. The molecule has 5 heteroatoms. The Morgan fingerprint density at radius 2 is 2.00 bits per heavy atom. The minimum Gasteiger partial charge on any atom is -0.370 e. The molecule has 0 atom stereocenters. The first kappa shape index (κ1) is 13.5. The third-order valence-electron chi connectivity index (χ3n) is 3.54. The van der Waals surface area contributed by atoms with Gasteiger partial charge in [-0.2, -0.15) is 0 Å². The van der Waals surface area contributed by atoms with Gasteiger partial charge in [0.15, 0.2) is 0 Å². The number of benzene rings is 1. The number of pyridine rings is 1. The minimum atomic E-state index is -0.378. The molecule has 0 spiro atoms. The quantitative estimate of drug-likeness (QED) is 0.942. The highest BCUT2D eigenvalue weighted by Gasteiger charge is 2.15. The predicted octanol–water partition coefficient (Wildman–Crippen LogP) is 3.07. The van der Waals surface area contributed by atoms with Crippen molar-refractivity contribution in [1.29, 1.82) is 0 Å². The van der Waals surface area contributed by atoms with Gasteiger partial charge < -0.3 is 10.2 Å². The summed E-state index contributed by atoms with van der Waals surface area (Å²) < 4.78 is 13.1. The van der Waals surface area contributed by atoms with Gasteiger partial charge in [-0.3, -0.25) is 9.78 Å². The van der Waals surface area contributed by atoms with Crippen LogP contribution >= 0.6 is 0 Å². The summed E-state index contributed by atoms with van der Waals surface area (Å²) in [5.74, 6) is -0.661. The van der Waals surface area contributed by atoms with Crippen molar-refractivity contribution in [3.05, 3.63) is 54.1 Å². The zero-order chi connectivity index (χ0) is 14.7. The van der Waals surface area contributed by atoms with E-state index in [4.69, 9.17) is 0 Å². The molecule has 21 heavy (non-hydrogen) atoms. The standard InChI is InChI=1S/C16H16FN3O/c17-13-4-3-5-14(9-13)19-16(21)12-8-15(11-18-10-12)20-6-1-2-7-20/h3-5,8-11H,1-2,6-7H2,(H,19,21). The maximum absolute atomic E-state index is 13.1. The van der Waals surface area contributed by atoms with Crippen LogP contribution < -0.4 is 10.2 Å². The summed E-state index contributed by atoms with van der Waals surface area (Å²) in [6, 6.07) is 7.66. The highest BCUT2D eigenvalue weighted by atomic mass is 19.1. The Hall–Kier alpha value is -2.43. The van der Waals surface area contributed by atoms with Crippen molar-refractivity contribution in [2.45, 2.75) is 12.8 Å². The van der Waals surface area contributed by atoms with Crippen LogP contribution in [0.15, 0.2) is 42.7 Å². The highest BCUT2D eigenvalue weighted by Crippen LogP contribution is 2.20. The lowest BCUT2D eigenvalue weighted by atomic mass is 10.2. The molecule has 108 valence electrons. The zero-order valence-corrected chi connectivity index (χ0v) is 11.6. The van der Waals surface area contributed by atoms with E-state index in [0.29, 0.717) is 11.3 Å². The number of nitrogens with zero attached hydrogens (tertiary/aromatic N) is 2. The molecule has 0 aliphatic carbocycles. The van der Waals surface area contributed by atoms with E-state index in [0.717, 1.165) is 18.8 Å². The van der Waals surface area contributed by atoms with Crippen LogP contribution in [0.5, 0.6) is 0 Å². The first-order valence-electron chi connectivity index (χ1n) is 6.99. The first-order valence-corrected chi connectivity index (χ1v) is 6.99. The van der Waals surface area contributed by atoms with E-state index in [1.54, 1.807) is 18.3 Å². The van der Waals surface area contributed by atoms with Gasteiger partial charge in [0, 0.05) is 25.0 Å². The number of nitrogens with one attached hydrogen (secondary N) is 1. The largest absolute Gasteiger partial charge is 0.370 e. The average molecular weight is 285 g/mol. The lowest BCUT2D eigenvalue weighted by Gasteiger charge is -2.17. The van der Waals surface area contributed by atoms with E-state index in [-0.39, 0.29) is 11.7 Å². The number of hydrogen-bond donors (Lipinski definition) is 1. The second kappa shape index (κ2) is 5.91. The fourth-order valence-corrected chi connectivity index (χ4v) is 2.47. The molecule has 4 nitrogen and oxygen atoms in total. The Morgan fingerprint density at radius 1 is 1.19 bits per heavy atom. The number of amides is 1. The maximum atomic E-state index is 13.1. The molecule has 3 rings (SSSR count). The second-order valence-corrected chi connectivity index (χ2v) is 5.09. The highest BCUT2D eigenvalue weighted by molar-refractivity contribution is 6.04. The van der Waals surface area contributed by atoms with Gasteiger partial charge in [-0.05, 0) is 37.1 Å². The van der Waals surface area contributed by atoms with Crippen LogP contribution in [0.4, 0.5) is 15.8 Å². The number of anilines is 2. The molecule has 1 N–H and O–H groups in total. The molecule has 2 heterocycles. The van der Waals surface area contributed by atoms with Gasteiger partial charge in [-0.1, -0.05) is 6.07 Å². The summed E-state index contributed by atoms with van der Waals surface area (Å²) in [6.07, 6.45) is 5.62. The lowest BCUT2D eigenvalue weighted by Crippen LogP contribution is -2.19. The molecular formula is C16H16FN3O. The maximum Gasteiger partial charge on any atom is 0.257 e. The van der Waals surface area contributed by atoms with Gasteiger partial charge in [-0.25, -0.2) is 4.39 Å². The molecular weight excluding hydrogens is 269 g/mol. The fourth-order valence-electron chi connectivity index (χ4n) is 2.47. The summed E-state index contributed by atoms with van der Waals surface area (Å²) in [6.45, 7) is 1.99. The number of hydrogen-bond acceptors (Lipinski definition) is 3. The van der Waals surface area contributed by atoms with E-state index >= 15 is 0 Å². The van der Waals surface area contributed by atoms with E-state index in [2.05, 4.69) is 15.2 Å². The van der Waals surface area contributed by atoms with Crippen molar-refractivity contribution in [2.24, 2.45) is 0 Å². The smallest absolute Gasteiger partial charge is 0.257 e. The van der Waals surface area contributed by atoms with Crippen LogP contribution in [-0.4, -0.2) is 24.0 Å². The van der Waals surface area contributed by atoms with Crippen LogP contribution in [-0.2, 0) is 0 Å². The fraction of sp³-hybridized carbons (Fsp3) is 0.250. The SMILES string of the molecule is O=C(Nc1cccc(F)c1)c1cncc(N2CCCC2)c1. The van der Waals surface area contributed by atoms with Crippen molar-refractivity contribution in [2.75, 3.05) is 23.3 Å². The molecule has 2 aromatic rings. The van der Waals surface area contributed by atoms with Crippen molar-refractivity contribution in [3.63, 3.8) is 0 Å². The molecule has 1 saturated heterocycles. The molecule has 1 fully saturated rings. The number of halogens is 1. The molecule has 0 bridgehead atoms. The number of aromatic nitrogens is 1. The summed E-state index contributed by atoms with van der Waals surface area (Å²) >= 11 is 0. The van der Waals surface area contributed by atoms with Gasteiger partial charge in [0.05, 0.1) is 17.4 Å². The molecule has 1 aliphatic heterocycles. The normalized spacial score (nSPS) is 14.2. The summed E-state index contributed by atoms with van der Waals surface area (Å²) in [7, 11) is 0. The van der Waals surface area contributed by atoms with Crippen molar-refractivity contribution < 1.29 is 9.18 Å². The first-order chi connectivity index (χ1) is 10.2. The van der Waals surface area contributed by atoms with E-state index in [1.165, 1.54) is 31.2 Å². The third-order valence-corrected chi connectivity index (χ3v) is 3.54. The van der Waals surface area contributed by atoms with E-state index in [9.17, 15) is 9.18 Å². The van der Waals surface area contributed by atoms with Crippen LogP contribution in [0, 0.1) is 5.82 Å². The summed E-state index contributed by atoms with van der Waals surface area (Å²) in [5.41, 5.74) is 1.87. The van der Waals surface area contributed by atoms with Gasteiger partial charge >= 0.3 is 0 Å². The van der Waals surface area contributed by atoms with Crippen LogP contribution in [0.25, 0.3) is 0 Å². The molecule has 1 aromatic heterocycles. The van der Waals surface area contributed by atoms with Crippen LogP contribution in [0.2, 0.25) is 0 Å². The zero-order valence-electron chi connectivity index (χ0n) is 11.6. The Labute approximate surface area is 122 Å². The monoisotopic (exact) mass is 285 g/mol. The van der Waals surface area contributed by atoms with Gasteiger partial charge in [-0.15, -0.1) is 0 Å². The van der Waals surface area contributed by atoms with E-state index in [1.807, 2.05) is 6.07 Å². The van der Waals surface area contributed by atoms with Crippen molar-refractivity contribution in [1.82, 2.24) is 4.98 Å². The predicted molar refractivity (Wildman–Crippen MR) is 80.0 cm³/mol. The van der Waals surface area contributed by atoms with Gasteiger partial charge in [0.25, 0.3) is 5.91 Å². The molecule has 1 amide bonds. The average Bonchev–Trinajstić information content (AvgIpc) is 3.02. The van der Waals surface area contributed by atoms with Crippen LogP contribution in [0.1, 0.15) is 23.2 Å². The topological polar surface area (TPSA) is 45.2 Å². The van der Waals surface area contributed by atoms with Gasteiger partial charge in [0.2, 0.25) is 0 Å². The molecule has 0 radical (unpaired) electrons. The third kappa shape index (κ3) is 3.18. The Kier molecular flexibility index (Phi) is 3.81. The molecule has 1 aliphatic rings. The summed E-state index contributed by atoms with van der Waals surface area (Å²) in [4.78, 5) is 18.5. The second-order valence-electron chi connectivity index (χ2n) is 5.09. The van der Waals surface area contributed by atoms with Crippen molar-refractivity contribution in [3.8, 4) is 0 Å². The number of rotatable bonds is 3. The Bertz CT molecular complexity index is 653. The Morgan fingerprint density at radius 3 is 2.76 bits per heavy atom. The molecule has 1 aromatic carbocycles. The van der Waals surface area contributed by atoms with Gasteiger partial charge in [0.1, 0.15) is 5.82 Å². The van der Waals surface area contributed by atoms with Crippen molar-refractivity contribution >= 4 is 17.3 Å². The van der Waals surface area contributed by atoms with E-state index < -0.39 is 0 Å². The molecule has 0 unspecified atom stereocenters. The lowest BCUT2D eigenvalue weighted by molar-refractivity contribution is 0.102.